The number of rotatable bonds is 7. The normalized spacial score (nSPS) is 18.6. The summed E-state index contributed by atoms with van der Waals surface area (Å²) in [6, 6.07) is 11.1. The standard InChI is InChI=1S/C23H30N4O3/c1-25-22(29)20-13-18(15-27(23(20)30)14-17-5-3-2-4-6-17)21(28)26-12-11-16-7-9-19(24)10-8-16/h2-6,13,15-16,19H,7-12,14,24H2,1H3,(H,25,29)(H,26,28)/t16-,19+. The molecule has 160 valence electrons. The molecule has 0 atom stereocenters. The highest BCUT2D eigenvalue weighted by Gasteiger charge is 2.20. The van der Waals surface area contributed by atoms with Crippen LogP contribution >= 0.6 is 0 Å². The molecule has 7 nitrogen and oxygen atoms in total. The van der Waals surface area contributed by atoms with Gasteiger partial charge in [0.1, 0.15) is 5.56 Å². The molecule has 0 spiro atoms. The maximum absolute atomic E-state index is 12.8. The van der Waals surface area contributed by atoms with Crippen molar-refractivity contribution < 1.29 is 9.59 Å². The highest BCUT2D eigenvalue weighted by molar-refractivity contribution is 5.99. The van der Waals surface area contributed by atoms with E-state index in [1.165, 1.54) is 23.9 Å². The van der Waals surface area contributed by atoms with E-state index < -0.39 is 11.5 Å². The first-order valence-corrected chi connectivity index (χ1v) is 10.5. The van der Waals surface area contributed by atoms with Crippen molar-refractivity contribution in [3.63, 3.8) is 0 Å². The van der Waals surface area contributed by atoms with Gasteiger partial charge in [-0.2, -0.15) is 0 Å². The summed E-state index contributed by atoms with van der Waals surface area (Å²) in [5.74, 6) is -0.206. The number of carbonyl (C=O) groups excluding carboxylic acids is 2. The van der Waals surface area contributed by atoms with Gasteiger partial charge in [0.25, 0.3) is 17.4 Å². The second-order valence-electron chi connectivity index (χ2n) is 7.97. The van der Waals surface area contributed by atoms with Crippen LogP contribution in [-0.2, 0) is 6.54 Å². The molecular formula is C23H30N4O3. The van der Waals surface area contributed by atoms with Crippen molar-refractivity contribution in [2.45, 2.75) is 44.7 Å². The van der Waals surface area contributed by atoms with Crippen LogP contribution in [0, 0.1) is 5.92 Å². The Hall–Kier alpha value is -2.93. The molecule has 0 aliphatic heterocycles. The van der Waals surface area contributed by atoms with E-state index in [9.17, 15) is 14.4 Å². The van der Waals surface area contributed by atoms with Crippen molar-refractivity contribution in [2.24, 2.45) is 11.7 Å². The van der Waals surface area contributed by atoms with Crippen LogP contribution in [0.25, 0.3) is 0 Å². The molecule has 3 rings (SSSR count). The van der Waals surface area contributed by atoms with Crippen LogP contribution < -0.4 is 21.9 Å². The number of nitrogens with two attached hydrogens (primary N) is 1. The number of amides is 2. The van der Waals surface area contributed by atoms with Crippen molar-refractivity contribution in [2.75, 3.05) is 13.6 Å². The second-order valence-corrected chi connectivity index (χ2v) is 7.97. The number of aromatic nitrogens is 1. The van der Waals surface area contributed by atoms with Gasteiger partial charge >= 0.3 is 0 Å². The highest BCUT2D eigenvalue weighted by Crippen LogP contribution is 2.25. The smallest absolute Gasteiger partial charge is 0.263 e. The van der Waals surface area contributed by atoms with Crippen LogP contribution in [0.4, 0.5) is 0 Å². The number of carbonyl (C=O) groups is 2. The minimum absolute atomic E-state index is 0.0395. The van der Waals surface area contributed by atoms with E-state index in [1.54, 1.807) is 0 Å². The molecule has 0 unspecified atom stereocenters. The fraction of sp³-hybridized carbons (Fsp3) is 0.435. The van der Waals surface area contributed by atoms with E-state index in [-0.39, 0.29) is 18.0 Å². The molecule has 0 saturated heterocycles. The van der Waals surface area contributed by atoms with Gasteiger partial charge in [-0.1, -0.05) is 30.3 Å². The fourth-order valence-electron chi connectivity index (χ4n) is 3.92. The molecule has 2 aromatic rings. The molecule has 0 bridgehead atoms. The van der Waals surface area contributed by atoms with Crippen LogP contribution in [0.5, 0.6) is 0 Å². The summed E-state index contributed by atoms with van der Waals surface area (Å²) in [5.41, 5.74) is 6.70. The zero-order valence-corrected chi connectivity index (χ0v) is 17.4. The first-order valence-electron chi connectivity index (χ1n) is 10.5. The average molecular weight is 411 g/mol. The molecule has 7 heteroatoms. The third-order valence-corrected chi connectivity index (χ3v) is 5.75. The molecule has 4 N–H and O–H groups in total. The van der Waals surface area contributed by atoms with Crippen molar-refractivity contribution in [1.82, 2.24) is 15.2 Å². The Morgan fingerprint density at radius 3 is 2.47 bits per heavy atom. The Labute approximate surface area is 176 Å². The van der Waals surface area contributed by atoms with E-state index in [0.717, 1.165) is 37.7 Å². The molecule has 1 aromatic carbocycles. The number of benzene rings is 1. The summed E-state index contributed by atoms with van der Waals surface area (Å²) in [4.78, 5) is 37.7. The van der Waals surface area contributed by atoms with E-state index in [0.29, 0.717) is 24.1 Å². The Morgan fingerprint density at radius 1 is 1.10 bits per heavy atom. The lowest BCUT2D eigenvalue weighted by atomic mass is 9.84. The first-order chi connectivity index (χ1) is 14.5. The monoisotopic (exact) mass is 410 g/mol. The Balaban J connectivity index is 1.73. The van der Waals surface area contributed by atoms with Crippen LogP contribution in [0.15, 0.2) is 47.4 Å². The van der Waals surface area contributed by atoms with E-state index in [1.807, 2.05) is 30.3 Å². The van der Waals surface area contributed by atoms with E-state index in [2.05, 4.69) is 10.6 Å². The number of nitrogens with zero attached hydrogens (tertiary/aromatic N) is 1. The van der Waals surface area contributed by atoms with Gasteiger partial charge in [0, 0.05) is 25.8 Å². The minimum atomic E-state index is -0.505. The lowest BCUT2D eigenvalue weighted by Gasteiger charge is -2.26. The molecule has 1 saturated carbocycles. The van der Waals surface area contributed by atoms with Gasteiger partial charge in [0.15, 0.2) is 0 Å². The summed E-state index contributed by atoms with van der Waals surface area (Å²) < 4.78 is 1.41. The molecule has 1 heterocycles. The molecule has 1 fully saturated rings. The molecule has 1 aliphatic rings. The maximum atomic E-state index is 12.8. The molecule has 0 radical (unpaired) electrons. The lowest BCUT2D eigenvalue weighted by Crippen LogP contribution is -2.34. The fourth-order valence-corrected chi connectivity index (χ4v) is 3.92. The quantitative estimate of drug-likeness (QED) is 0.648. The first kappa shape index (κ1) is 21.8. The SMILES string of the molecule is CNC(=O)c1cc(C(=O)NCC[C@H]2CC[C@@H](N)CC2)cn(Cc2ccccc2)c1=O. The third-order valence-electron chi connectivity index (χ3n) is 5.75. The molecule has 2 amide bonds. The van der Waals surface area contributed by atoms with Crippen LogP contribution in [-0.4, -0.2) is 36.0 Å². The van der Waals surface area contributed by atoms with Gasteiger partial charge in [-0.05, 0) is 49.7 Å². The molecule has 30 heavy (non-hydrogen) atoms. The number of hydrogen-bond donors (Lipinski definition) is 3. The average Bonchev–Trinajstić information content (AvgIpc) is 2.76. The summed E-state index contributed by atoms with van der Waals surface area (Å²) in [7, 11) is 1.46. The summed E-state index contributed by atoms with van der Waals surface area (Å²) >= 11 is 0. The lowest BCUT2D eigenvalue weighted by molar-refractivity contribution is 0.0949. The molecule has 1 aromatic heterocycles. The predicted octanol–water partition coefficient (Wildman–Crippen LogP) is 1.89. The van der Waals surface area contributed by atoms with Crippen LogP contribution in [0.2, 0.25) is 0 Å². The minimum Gasteiger partial charge on any atom is -0.355 e. The summed E-state index contributed by atoms with van der Waals surface area (Å²) in [5, 5.41) is 5.41. The third kappa shape index (κ3) is 5.57. The van der Waals surface area contributed by atoms with Gasteiger partial charge in [-0.15, -0.1) is 0 Å². The second kappa shape index (κ2) is 10.2. The number of nitrogens with one attached hydrogen (secondary N) is 2. The zero-order valence-electron chi connectivity index (χ0n) is 17.4. The Kier molecular flexibility index (Phi) is 7.41. The van der Waals surface area contributed by atoms with Gasteiger partial charge < -0.3 is 20.9 Å². The van der Waals surface area contributed by atoms with Gasteiger partial charge in [0.2, 0.25) is 0 Å². The van der Waals surface area contributed by atoms with Crippen molar-refractivity contribution in [1.29, 1.82) is 0 Å². The van der Waals surface area contributed by atoms with Crippen LogP contribution in [0.3, 0.4) is 0 Å². The molecule has 1 aliphatic carbocycles. The molecular weight excluding hydrogens is 380 g/mol. The van der Waals surface area contributed by atoms with E-state index >= 15 is 0 Å². The van der Waals surface area contributed by atoms with Crippen molar-refractivity contribution in [3.05, 3.63) is 69.6 Å². The zero-order chi connectivity index (χ0) is 21.5. The van der Waals surface area contributed by atoms with Crippen LogP contribution in [0.1, 0.15) is 58.4 Å². The van der Waals surface area contributed by atoms with Crippen molar-refractivity contribution >= 4 is 11.8 Å². The topological polar surface area (TPSA) is 106 Å². The Morgan fingerprint density at radius 2 is 1.80 bits per heavy atom. The number of pyridine rings is 1. The predicted molar refractivity (Wildman–Crippen MR) is 117 cm³/mol. The maximum Gasteiger partial charge on any atom is 0.263 e. The summed E-state index contributed by atoms with van der Waals surface area (Å²) in [6.07, 6.45) is 6.71. The Bertz CT molecular complexity index is 931. The summed E-state index contributed by atoms with van der Waals surface area (Å²) in [6.45, 7) is 0.846. The number of hydrogen-bond acceptors (Lipinski definition) is 4. The van der Waals surface area contributed by atoms with Gasteiger partial charge in [0.05, 0.1) is 12.1 Å². The van der Waals surface area contributed by atoms with E-state index in [4.69, 9.17) is 5.73 Å². The highest BCUT2D eigenvalue weighted by atomic mass is 16.2. The van der Waals surface area contributed by atoms with Gasteiger partial charge in [-0.3, -0.25) is 14.4 Å². The largest absolute Gasteiger partial charge is 0.355 e. The van der Waals surface area contributed by atoms with Gasteiger partial charge in [-0.25, -0.2) is 0 Å². The van der Waals surface area contributed by atoms with Crippen molar-refractivity contribution in [3.8, 4) is 0 Å².